The molecule has 0 bridgehead atoms. The summed E-state index contributed by atoms with van der Waals surface area (Å²) in [6.07, 6.45) is 5.59. The third-order valence-electron chi connectivity index (χ3n) is 3.08. The van der Waals surface area contributed by atoms with Crippen molar-refractivity contribution in [3.8, 4) is 0 Å². The van der Waals surface area contributed by atoms with Gasteiger partial charge in [0.25, 0.3) is 0 Å². The molecule has 0 radical (unpaired) electrons. The van der Waals surface area contributed by atoms with Gasteiger partial charge in [-0.15, -0.1) is 0 Å². The molecule has 0 aliphatic carbocycles. The Balaban J connectivity index is 2.22. The second-order valence-electron chi connectivity index (χ2n) is 4.38. The molecule has 1 aliphatic rings. The Bertz CT molecular complexity index is 143. The van der Waals surface area contributed by atoms with Crippen molar-refractivity contribution in [2.75, 3.05) is 13.1 Å². The number of rotatable bonds is 6. The van der Waals surface area contributed by atoms with E-state index >= 15 is 0 Å². The van der Waals surface area contributed by atoms with E-state index in [4.69, 9.17) is 0 Å². The topological polar surface area (TPSA) is 12.0 Å². The highest BCUT2D eigenvalue weighted by atomic mass is 19.1. The quantitative estimate of drug-likeness (QED) is 0.674. The van der Waals surface area contributed by atoms with E-state index < -0.39 is 5.67 Å². The van der Waals surface area contributed by atoms with Gasteiger partial charge in [-0.3, -0.25) is 0 Å². The zero-order chi connectivity index (χ0) is 9.73. The van der Waals surface area contributed by atoms with Crippen molar-refractivity contribution in [3.05, 3.63) is 0 Å². The van der Waals surface area contributed by atoms with Crippen molar-refractivity contribution in [1.29, 1.82) is 0 Å². The highest BCUT2D eigenvalue weighted by molar-refractivity contribution is 4.94. The fourth-order valence-electron chi connectivity index (χ4n) is 2.00. The molecule has 0 aromatic heterocycles. The van der Waals surface area contributed by atoms with E-state index in [-0.39, 0.29) is 0 Å². The van der Waals surface area contributed by atoms with Crippen LogP contribution in [0.5, 0.6) is 0 Å². The van der Waals surface area contributed by atoms with E-state index in [0.29, 0.717) is 19.0 Å². The molecular weight excluding hydrogens is 165 g/mol. The van der Waals surface area contributed by atoms with Crippen LogP contribution in [0, 0.1) is 5.92 Å². The van der Waals surface area contributed by atoms with Gasteiger partial charge in [0.15, 0.2) is 0 Å². The number of hydrogen-bond donors (Lipinski definition) is 1. The maximum Gasteiger partial charge on any atom is 0.136 e. The van der Waals surface area contributed by atoms with E-state index in [0.717, 1.165) is 12.8 Å². The molecule has 78 valence electrons. The summed E-state index contributed by atoms with van der Waals surface area (Å²) >= 11 is 0. The molecule has 0 spiro atoms. The maximum absolute atomic E-state index is 13.7. The lowest BCUT2D eigenvalue weighted by Gasteiger charge is -2.37. The lowest BCUT2D eigenvalue weighted by Crippen LogP contribution is -2.57. The Morgan fingerprint density at radius 3 is 2.46 bits per heavy atom. The van der Waals surface area contributed by atoms with E-state index in [1.165, 1.54) is 19.3 Å². The van der Waals surface area contributed by atoms with Crippen molar-refractivity contribution >= 4 is 0 Å². The summed E-state index contributed by atoms with van der Waals surface area (Å²) in [7, 11) is 0. The standard InChI is InChI=1S/C11H22FN/c1-3-5-6-10(4-2)7-11(12)8-13-9-11/h10,13H,3-9H2,1-2H3. The number of nitrogens with one attached hydrogen (secondary N) is 1. The van der Waals surface area contributed by atoms with Gasteiger partial charge in [-0.1, -0.05) is 39.5 Å². The van der Waals surface area contributed by atoms with Crippen molar-refractivity contribution in [3.63, 3.8) is 0 Å². The van der Waals surface area contributed by atoms with E-state index in [9.17, 15) is 4.39 Å². The van der Waals surface area contributed by atoms with E-state index in [2.05, 4.69) is 19.2 Å². The summed E-state index contributed by atoms with van der Waals surface area (Å²) in [5, 5.41) is 3.01. The fourth-order valence-corrected chi connectivity index (χ4v) is 2.00. The first kappa shape index (κ1) is 11.0. The van der Waals surface area contributed by atoms with Crippen LogP contribution in [-0.2, 0) is 0 Å². The van der Waals surface area contributed by atoms with E-state index in [1.54, 1.807) is 0 Å². The van der Waals surface area contributed by atoms with Gasteiger partial charge in [-0.2, -0.15) is 0 Å². The molecule has 1 saturated heterocycles. The molecule has 2 heteroatoms. The average molecular weight is 187 g/mol. The molecule has 1 atom stereocenters. The Labute approximate surface area is 81.1 Å². The molecule has 0 amide bonds. The van der Waals surface area contributed by atoms with Crippen LogP contribution in [-0.4, -0.2) is 18.8 Å². The van der Waals surface area contributed by atoms with Crippen molar-refractivity contribution < 1.29 is 4.39 Å². The third kappa shape index (κ3) is 3.26. The number of hydrogen-bond acceptors (Lipinski definition) is 1. The molecule has 1 fully saturated rings. The third-order valence-corrected chi connectivity index (χ3v) is 3.08. The van der Waals surface area contributed by atoms with Gasteiger partial charge in [0.2, 0.25) is 0 Å². The SMILES string of the molecule is CCCCC(CC)CC1(F)CNC1. The lowest BCUT2D eigenvalue weighted by atomic mass is 9.84. The van der Waals surface area contributed by atoms with Crippen LogP contribution < -0.4 is 5.32 Å². The Morgan fingerprint density at radius 1 is 1.38 bits per heavy atom. The summed E-state index contributed by atoms with van der Waals surface area (Å²) < 4.78 is 13.7. The average Bonchev–Trinajstić information content (AvgIpc) is 2.09. The van der Waals surface area contributed by atoms with Crippen LogP contribution in [0.25, 0.3) is 0 Å². The highest BCUT2D eigenvalue weighted by Gasteiger charge is 2.38. The van der Waals surface area contributed by atoms with Gasteiger partial charge < -0.3 is 5.32 Å². The van der Waals surface area contributed by atoms with Crippen LogP contribution in [0.1, 0.15) is 46.0 Å². The molecule has 0 saturated carbocycles. The summed E-state index contributed by atoms with van der Waals surface area (Å²) in [6, 6.07) is 0. The first-order chi connectivity index (χ1) is 6.20. The molecule has 1 heterocycles. The summed E-state index contributed by atoms with van der Waals surface area (Å²) in [5.41, 5.74) is -0.867. The van der Waals surface area contributed by atoms with Gasteiger partial charge >= 0.3 is 0 Å². The van der Waals surface area contributed by atoms with E-state index in [1.807, 2.05) is 0 Å². The molecule has 1 nitrogen and oxygen atoms in total. The van der Waals surface area contributed by atoms with Crippen LogP contribution in [0.4, 0.5) is 4.39 Å². The molecule has 1 unspecified atom stereocenters. The zero-order valence-corrected chi connectivity index (χ0v) is 8.91. The summed E-state index contributed by atoms with van der Waals surface area (Å²) in [5.74, 6) is 0.604. The second kappa shape index (κ2) is 4.94. The highest BCUT2D eigenvalue weighted by Crippen LogP contribution is 2.29. The Kier molecular flexibility index (Phi) is 4.17. The summed E-state index contributed by atoms with van der Waals surface area (Å²) in [6.45, 7) is 5.53. The molecule has 1 rings (SSSR count). The minimum absolute atomic E-state index is 0.579. The van der Waals surface area contributed by atoms with Gasteiger partial charge in [0.05, 0.1) is 0 Å². The van der Waals surface area contributed by atoms with Crippen LogP contribution in [0.3, 0.4) is 0 Å². The second-order valence-corrected chi connectivity index (χ2v) is 4.38. The largest absolute Gasteiger partial charge is 0.310 e. The first-order valence-electron chi connectivity index (χ1n) is 5.60. The van der Waals surface area contributed by atoms with Gasteiger partial charge in [-0.05, 0) is 12.3 Å². The number of unbranched alkanes of at least 4 members (excludes halogenated alkanes) is 1. The van der Waals surface area contributed by atoms with Gasteiger partial charge in [0.1, 0.15) is 5.67 Å². The van der Waals surface area contributed by atoms with Crippen LogP contribution >= 0.6 is 0 Å². The van der Waals surface area contributed by atoms with Crippen molar-refractivity contribution in [1.82, 2.24) is 5.32 Å². The molecule has 1 aliphatic heterocycles. The monoisotopic (exact) mass is 187 g/mol. The molecule has 13 heavy (non-hydrogen) atoms. The lowest BCUT2D eigenvalue weighted by molar-refractivity contribution is 0.0576. The zero-order valence-electron chi connectivity index (χ0n) is 8.91. The normalized spacial score (nSPS) is 22.4. The van der Waals surface area contributed by atoms with Crippen molar-refractivity contribution in [2.24, 2.45) is 5.92 Å². The minimum atomic E-state index is -0.867. The predicted molar refractivity (Wildman–Crippen MR) is 54.6 cm³/mol. The summed E-state index contributed by atoms with van der Waals surface area (Å²) in [4.78, 5) is 0. The predicted octanol–water partition coefficient (Wildman–Crippen LogP) is 2.90. The van der Waals surface area contributed by atoms with Crippen LogP contribution in [0.15, 0.2) is 0 Å². The van der Waals surface area contributed by atoms with Crippen molar-refractivity contribution in [2.45, 2.75) is 51.6 Å². The van der Waals surface area contributed by atoms with Gasteiger partial charge in [0, 0.05) is 13.1 Å². The van der Waals surface area contributed by atoms with Crippen LogP contribution in [0.2, 0.25) is 0 Å². The maximum atomic E-state index is 13.7. The fraction of sp³-hybridized carbons (Fsp3) is 1.00. The van der Waals surface area contributed by atoms with Gasteiger partial charge in [-0.25, -0.2) is 4.39 Å². The Morgan fingerprint density at radius 2 is 2.08 bits per heavy atom. The first-order valence-corrected chi connectivity index (χ1v) is 5.60. The molecular formula is C11H22FN. The number of halogens is 1. The Hall–Kier alpha value is -0.110. The number of alkyl halides is 1. The molecule has 0 aromatic carbocycles. The molecule has 1 N–H and O–H groups in total. The molecule has 0 aromatic rings. The smallest absolute Gasteiger partial charge is 0.136 e. The minimum Gasteiger partial charge on any atom is -0.310 e.